The van der Waals surface area contributed by atoms with Crippen molar-refractivity contribution in [2.24, 2.45) is 0 Å². The Morgan fingerprint density at radius 2 is 2.17 bits per heavy atom. The predicted octanol–water partition coefficient (Wildman–Crippen LogP) is 1.42. The molecular weight excluding hydrogens is 330 g/mol. The third kappa shape index (κ3) is 3.63. The maximum absolute atomic E-state index is 12.3. The summed E-state index contributed by atoms with van der Waals surface area (Å²) in [5, 5.41) is 12.0. The molecule has 0 radical (unpaired) electrons. The lowest BCUT2D eigenvalue weighted by molar-refractivity contribution is -0.116. The van der Waals surface area contributed by atoms with E-state index in [1.54, 1.807) is 25.3 Å². The standard InChI is InChI=1S/C15H15N5O3S/c1-23-8-13-18-19-15(24-13)17-12(21)6-7-20-9-16-11-5-3-2-4-10(11)14(20)22/h2-5,9H,6-8H2,1H3,(H,17,19,21). The SMILES string of the molecule is COCc1nnc(NC(=O)CCn2cnc3ccccc3c2=O)s1. The summed E-state index contributed by atoms with van der Waals surface area (Å²) < 4.78 is 6.38. The Bertz CT molecular complexity index is 921. The molecule has 0 spiro atoms. The lowest BCUT2D eigenvalue weighted by atomic mass is 10.2. The van der Waals surface area contributed by atoms with Crippen LogP contribution >= 0.6 is 11.3 Å². The number of aromatic nitrogens is 4. The number of amides is 1. The average molecular weight is 345 g/mol. The molecule has 2 heterocycles. The van der Waals surface area contributed by atoms with Crippen molar-refractivity contribution in [3.63, 3.8) is 0 Å². The number of methoxy groups -OCH3 is 1. The van der Waals surface area contributed by atoms with Crippen molar-refractivity contribution in [2.75, 3.05) is 12.4 Å². The summed E-state index contributed by atoms with van der Waals surface area (Å²) in [6.07, 6.45) is 1.60. The molecule has 0 aliphatic heterocycles. The molecule has 0 saturated carbocycles. The highest BCUT2D eigenvalue weighted by Crippen LogP contribution is 2.15. The second-order valence-electron chi connectivity index (χ2n) is 4.99. The molecule has 1 N–H and O–H groups in total. The summed E-state index contributed by atoms with van der Waals surface area (Å²) in [4.78, 5) is 28.5. The van der Waals surface area contributed by atoms with Gasteiger partial charge in [0.1, 0.15) is 11.6 Å². The van der Waals surface area contributed by atoms with Crippen LogP contribution in [-0.4, -0.2) is 32.8 Å². The van der Waals surface area contributed by atoms with Crippen LogP contribution in [0.15, 0.2) is 35.4 Å². The molecule has 0 aliphatic carbocycles. The van der Waals surface area contributed by atoms with Gasteiger partial charge >= 0.3 is 0 Å². The predicted molar refractivity (Wildman–Crippen MR) is 89.9 cm³/mol. The number of rotatable bonds is 6. The maximum Gasteiger partial charge on any atom is 0.261 e. The molecule has 0 aliphatic rings. The Labute approximate surface area is 141 Å². The molecule has 0 saturated heterocycles. The van der Waals surface area contributed by atoms with Crippen LogP contribution in [0.2, 0.25) is 0 Å². The number of carbonyl (C=O) groups is 1. The van der Waals surface area contributed by atoms with Crippen molar-refractivity contribution in [1.82, 2.24) is 19.7 Å². The topological polar surface area (TPSA) is 99.0 Å². The minimum absolute atomic E-state index is 0.138. The number of nitrogens with zero attached hydrogens (tertiary/aromatic N) is 4. The third-order valence-corrected chi connectivity index (χ3v) is 4.10. The number of ether oxygens (including phenoxy) is 1. The normalized spacial score (nSPS) is 10.9. The zero-order chi connectivity index (χ0) is 16.9. The highest BCUT2D eigenvalue weighted by molar-refractivity contribution is 7.15. The second kappa shape index (κ2) is 7.28. The van der Waals surface area contributed by atoms with E-state index in [1.165, 1.54) is 22.2 Å². The minimum Gasteiger partial charge on any atom is -0.377 e. The number of nitrogens with one attached hydrogen (secondary N) is 1. The number of para-hydroxylation sites is 1. The fourth-order valence-corrected chi connectivity index (χ4v) is 2.88. The van der Waals surface area contributed by atoms with Crippen LogP contribution in [0.5, 0.6) is 0 Å². The van der Waals surface area contributed by atoms with Crippen molar-refractivity contribution in [1.29, 1.82) is 0 Å². The molecule has 124 valence electrons. The molecule has 3 aromatic rings. The molecule has 0 unspecified atom stereocenters. The average Bonchev–Trinajstić information content (AvgIpc) is 3.02. The van der Waals surface area contributed by atoms with Gasteiger partial charge in [0.05, 0.1) is 17.2 Å². The molecule has 1 amide bonds. The lowest BCUT2D eigenvalue weighted by Crippen LogP contribution is -2.23. The zero-order valence-corrected chi connectivity index (χ0v) is 13.7. The van der Waals surface area contributed by atoms with Crippen LogP contribution in [0.1, 0.15) is 11.4 Å². The highest BCUT2D eigenvalue weighted by atomic mass is 32.1. The Kier molecular flexibility index (Phi) is 4.92. The van der Waals surface area contributed by atoms with Gasteiger partial charge in [-0.05, 0) is 12.1 Å². The summed E-state index contributed by atoms with van der Waals surface area (Å²) in [5.74, 6) is -0.241. The summed E-state index contributed by atoms with van der Waals surface area (Å²) in [7, 11) is 1.56. The fourth-order valence-electron chi connectivity index (χ4n) is 2.16. The summed E-state index contributed by atoms with van der Waals surface area (Å²) in [6.45, 7) is 0.595. The molecular formula is C15H15N5O3S. The number of hydrogen-bond acceptors (Lipinski definition) is 7. The van der Waals surface area contributed by atoms with E-state index in [9.17, 15) is 9.59 Å². The van der Waals surface area contributed by atoms with Crippen molar-refractivity contribution in [2.45, 2.75) is 19.6 Å². The number of carbonyl (C=O) groups excluding carboxylic acids is 1. The molecule has 0 bridgehead atoms. The largest absolute Gasteiger partial charge is 0.377 e. The van der Waals surface area contributed by atoms with Gasteiger partial charge in [-0.3, -0.25) is 14.2 Å². The van der Waals surface area contributed by atoms with Crippen LogP contribution in [-0.2, 0) is 22.7 Å². The fraction of sp³-hybridized carbons (Fsp3) is 0.267. The Morgan fingerprint density at radius 3 is 3.00 bits per heavy atom. The number of fused-ring (bicyclic) bond motifs is 1. The quantitative estimate of drug-likeness (QED) is 0.725. The third-order valence-electron chi connectivity index (χ3n) is 3.29. The number of hydrogen-bond donors (Lipinski definition) is 1. The molecule has 8 nitrogen and oxygen atoms in total. The van der Waals surface area contributed by atoms with Gasteiger partial charge in [-0.2, -0.15) is 0 Å². The van der Waals surface area contributed by atoms with E-state index >= 15 is 0 Å². The van der Waals surface area contributed by atoms with Crippen molar-refractivity contribution in [3.05, 3.63) is 46.0 Å². The van der Waals surface area contributed by atoms with E-state index < -0.39 is 0 Å². The number of anilines is 1. The number of benzene rings is 1. The maximum atomic E-state index is 12.3. The molecule has 9 heteroatoms. The second-order valence-corrected chi connectivity index (χ2v) is 6.05. The van der Waals surface area contributed by atoms with Gasteiger partial charge in [0.2, 0.25) is 11.0 Å². The Morgan fingerprint density at radius 1 is 1.33 bits per heavy atom. The van der Waals surface area contributed by atoms with E-state index in [0.717, 1.165) is 0 Å². The van der Waals surface area contributed by atoms with Gasteiger partial charge in [-0.1, -0.05) is 23.5 Å². The molecule has 0 atom stereocenters. The van der Waals surface area contributed by atoms with Crippen molar-refractivity contribution in [3.8, 4) is 0 Å². The van der Waals surface area contributed by atoms with E-state index in [0.29, 0.717) is 27.6 Å². The number of aryl methyl sites for hydroxylation is 1. The van der Waals surface area contributed by atoms with E-state index in [1.807, 2.05) is 6.07 Å². The van der Waals surface area contributed by atoms with Crippen LogP contribution in [0.3, 0.4) is 0 Å². The van der Waals surface area contributed by atoms with Crippen LogP contribution in [0.25, 0.3) is 10.9 Å². The van der Waals surface area contributed by atoms with Gasteiger partial charge in [0.15, 0.2) is 0 Å². The van der Waals surface area contributed by atoms with E-state index in [-0.39, 0.29) is 24.4 Å². The van der Waals surface area contributed by atoms with Gasteiger partial charge in [-0.25, -0.2) is 4.98 Å². The van der Waals surface area contributed by atoms with Crippen LogP contribution in [0, 0.1) is 0 Å². The molecule has 1 aromatic carbocycles. The molecule has 2 aromatic heterocycles. The summed E-state index contributed by atoms with van der Waals surface area (Å²) in [6, 6.07) is 7.11. The monoisotopic (exact) mass is 345 g/mol. The van der Waals surface area contributed by atoms with Gasteiger partial charge in [0, 0.05) is 20.1 Å². The molecule has 3 rings (SSSR count). The summed E-state index contributed by atoms with van der Waals surface area (Å²) >= 11 is 1.25. The van der Waals surface area contributed by atoms with Gasteiger partial charge in [0.25, 0.3) is 5.56 Å². The first-order valence-electron chi connectivity index (χ1n) is 7.22. The molecule has 24 heavy (non-hydrogen) atoms. The first-order chi connectivity index (χ1) is 11.7. The van der Waals surface area contributed by atoms with Gasteiger partial charge < -0.3 is 10.1 Å². The zero-order valence-electron chi connectivity index (χ0n) is 12.9. The smallest absolute Gasteiger partial charge is 0.261 e. The first kappa shape index (κ1) is 16.2. The minimum atomic E-state index is -0.241. The summed E-state index contributed by atoms with van der Waals surface area (Å²) in [5.41, 5.74) is 0.481. The Hall–Kier alpha value is -2.65. The highest BCUT2D eigenvalue weighted by Gasteiger charge is 2.09. The van der Waals surface area contributed by atoms with E-state index in [4.69, 9.17) is 4.74 Å². The van der Waals surface area contributed by atoms with Crippen molar-refractivity contribution < 1.29 is 9.53 Å². The lowest BCUT2D eigenvalue weighted by Gasteiger charge is -2.06. The van der Waals surface area contributed by atoms with Gasteiger partial charge in [-0.15, -0.1) is 10.2 Å². The van der Waals surface area contributed by atoms with Crippen molar-refractivity contribution >= 4 is 33.3 Å². The van der Waals surface area contributed by atoms with Crippen LogP contribution in [0.4, 0.5) is 5.13 Å². The molecule has 0 fully saturated rings. The first-order valence-corrected chi connectivity index (χ1v) is 8.04. The Balaban J connectivity index is 1.63. The van der Waals surface area contributed by atoms with E-state index in [2.05, 4.69) is 20.5 Å². The van der Waals surface area contributed by atoms with Crippen LogP contribution < -0.4 is 10.9 Å².